The molecule has 1 unspecified atom stereocenters. The lowest BCUT2D eigenvalue weighted by molar-refractivity contribution is -0.157. The van der Waals surface area contributed by atoms with Crippen molar-refractivity contribution in [3.63, 3.8) is 0 Å². The van der Waals surface area contributed by atoms with E-state index in [9.17, 15) is 9.59 Å². The minimum absolute atomic E-state index is 0.0357. The smallest absolute Gasteiger partial charge is 0.329 e. The van der Waals surface area contributed by atoms with Gasteiger partial charge in [-0.25, -0.2) is 4.79 Å². The van der Waals surface area contributed by atoms with E-state index in [1.54, 1.807) is 29.4 Å². The minimum atomic E-state index is -0.446. The number of carbonyl (C=O) groups excluding carboxylic acids is 2. The fourth-order valence-corrected chi connectivity index (χ4v) is 3.50. The summed E-state index contributed by atoms with van der Waals surface area (Å²) in [5.74, 6) is -0.350. The summed E-state index contributed by atoms with van der Waals surface area (Å²) in [4.78, 5) is 30.9. The molecule has 1 aromatic rings. The van der Waals surface area contributed by atoms with Crippen LogP contribution in [0.5, 0.6) is 0 Å². The fraction of sp³-hybridized carbons (Fsp3) is 0.611. The Morgan fingerprint density at radius 3 is 2.61 bits per heavy atom. The van der Waals surface area contributed by atoms with Crippen LogP contribution < -0.4 is 0 Å². The Morgan fingerprint density at radius 2 is 1.87 bits per heavy atom. The maximum absolute atomic E-state index is 12.7. The molecule has 0 N–H and O–H groups in total. The normalized spacial score (nSPS) is 22.6. The molecule has 2 aliphatic rings. The van der Waals surface area contributed by atoms with E-state index in [1.165, 1.54) is 6.42 Å². The molecule has 0 spiro atoms. The summed E-state index contributed by atoms with van der Waals surface area (Å²) < 4.78 is 5.70. The highest BCUT2D eigenvalue weighted by Gasteiger charge is 2.35. The van der Waals surface area contributed by atoms with E-state index in [-0.39, 0.29) is 18.0 Å². The molecule has 23 heavy (non-hydrogen) atoms. The number of piperidine rings is 1. The molecule has 1 aliphatic carbocycles. The SMILES string of the molecule is O=C(OC1CCCCC1)C1CCCCN1C(=O)c1cccnc1. The summed E-state index contributed by atoms with van der Waals surface area (Å²) in [6.45, 7) is 0.609. The van der Waals surface area contributed by atoms with Crippen LogP contribution >= 0.6 is 0 Å². The molecule has 2 heterocycles. The van der Waals surface area contributed by atoms with Crippen LogP contribution in [0.1, 0.15) is 61.7 Å². The van der Waals surface area contributed by atoms with Gasteiger partial charge in [-0.15, -0.1) is 0 Å². The molecular formula is C18H24N2O3. The molecule has 5 nitrogen and oxygen atoms in total. The van der Waals surface area contributed by atoms with Gasteiger partial charge < -0.3 is 9.64 Å². The van der Waals surface area contributed by atoms with E-state index in [0.29, 0.717) is 18.5 Å². The number of hydrogen-bond acceptors (Lipinski definition) is 4. The molecule has 0 radical (unpaired) electrons. The third kappa shape index (κ3) is 3.89. The van der Waals surface area contributed by atoms with Gasteiger partial charge in [0.05, 0.1) is 5.56 Å². The van der Waals surface area contributed by atoms with Gasteiger partial charge in [-0.1, -0.05) is 6.42 Å². The standard InChI is InChI=1S/C18H24N2O3/c21-17(14-7-6-11-19-13-14)20-12-5-4-10-16(20)18(22)23-15-8-2-1-3-9-15/h6-7,11,13,15-16H,1-5,8-10,12H2. The summed E-state index contributed by atoms with van der Waals surface area (Å²) in [7, 11) is 0. The van der Waals surface area contributed by atoms with Crippen LogP contribution in [-0.4, -0.2) is 40.5 Å². The third-order valence-electron chi connectivity index (χ3n) is 4.78. The second-order valence-corrected chi connectivity index (χ2v) is 6.45. The third-order valence-corrected chi connectivity index (χ3v) is 4.78. The van der Waals surface area contributed by atoms with E-state index < -0.39 is 6.04 Å². The Morgan fingerprint density at radius 1 is 1.09 bits per heavy atom. The number of esters is 1. The lowest BCUT2D eigenvalue weighted by Crippen LogP contribution is -2.49. The molecular weight excluding hydrogens is 292 g/mol. The first kappa shape index (κ1) is 16.0. The molecule has 1 aliphatic heterocycles. The van der Waals surface area contributed by atoms with Crippen LogP contribution in [0.4, 0.5) is 0 Å². The number of ether oxygens (including phenoxy) is 1. The number of hydrogen-bond donors (Lipinski definition) is 0. The van der Waals surface area contributed by atoms with Gasteiger partial charge in [-0.05, 0) is 57.1 Å². The molecule has 1 saturated heterocycles. The Labute approximate surface area is 137 Å². The highest BCUT2D eigenvalue weighted by Crippen LogP contribution is 2.24. The lowest BCUT2D eigenvalue weighted by atomic mass is 9.97. The van der Waals surface area contributed by atoms with Gasteiger partial charge in [0, 0.05) is 18.9 Å². The zero-order chi connectivity index (χ0) is 16.1. The van der Waals surface area contributed by atoms with Crippen LogP contribution in [0, 0.1) is 0 Å². The van der Waals surface area contributed by atoms with Crippen molar-refractivity contribution in [3.05, 3.63) is 30.1 Å². The van der Waals surface area contributed by atoms with E-state index in [1.807, 2.05) is 0 Å². The number of carbonyl (C=O) groups is 2. The molecule has 0 bridgehead atoms. The minimum Gasteiger partial charge on any atom is -0.461 e. The molecule has 2 fully saturated rings. The van der Waals surface area contributed by atoms with Crippen molar-refractivity contribution in [1.82, 2.24) is 9.88 Å². The van der Waals surface area contributed by atoms with Crippen LogP contribution in [0.15, 0.2) is 24.5 Å². The van der Waals surface area contributed by atoms with Crippen molar-refractivity contribution < 1.29 is 14.3 Å². The van der Waals surface area contributed by atoms with E-state index in [0.717, 1.165) is 38.5 Å². The molecule has 1 amide bonds. The van der Waals surface area contributed by atoms with E-state index in [2.05, 4.69) is 4.98 Å². The zero-order valence-electron chi connectivity index (χ0n) is 13.4. The van der Waals surface area contributed by atoms with Gasteiger partial charge in [0.15, 0.2) is 0 Å². The second kappa shape index (κ2) is 7.57. The molecule has 1 aromatic heterocycles. The van der Waals surface area contributed by atoms with Crippen LogP contribution in [-0.2, 0) is 9.53 Å². The molecule has 0 aromatic carbocycles. The molecule has 5 heteroatoms. The maximum Gasteiger partial charge on any atom is 0.329 e. The monoisotopic (exact) mass is 316 g/mol. The second-order valence-electron chi connectivity index (χ2n) is 6.45. The van der Waals surface area contributed by atoms with Crippen molar-refractivity contribution in [2.45, 2.75) is 63.5 Å². The number of rotatable bonds is 3. The van der Waals surface area contributed by atoms with Crippen molar-refractivity contribution in [1.29, 1.82) is 0 Å². The zero-order valence-corrected chi connectivity index (χ0v) is 13.4. The van der Waals surface area contributed by atoms with Crippen LogP contribution in [0.3, 0.4) is 0 Å². The highest BCUT2D eigenvalue weighted by atomic mass is 16.5. The van der Waals surface area contributed by atoms with Crippen molar-refractivity contribution in [2.75, 3.05) is 6.54 Å². The quantitative estimate of drug-likeness (QED) is 0.804. The summed E-state index contributed by atoms with van der Waals surface area (Å²) in [5.41, 5.74) is 0.532. The topological polar surface area (TPSA) is 59.5 Å². The average Bonchev–Trinajstić information content (AvgIpc) is 2.62. The summed E-state index contributed by atoms with van der Waals surface area (Å²) in [6, 6.07) is 3.04. The fourth-order valence-electron chi connectivity index (χ4n) is 3.50. The van der Waals surface area contributed by atoms with Crippen LogP contribution in [0.2, 0.25) is 0 Å². The first-order valence-corrected chi connectivity index (χ1v) is 8.67. The summed E-state index contributed by atoms with van der Waals surface area (Å²) in [5, 5.41) is 0. The number of pyridine rings is 1. The predicted octanol–water partition coefficient (Wildman–Crippen LogP) is 2.95. The predicted molar refractivity (Wildman–Crippen MR) is 85.9 cm³/mol. The van der Waals surface area contributed by atoms with Crippen molar-refractivity contribution in [2.24, 2.45) is 0 Å². The average molecular weight is 316 g/mol. The summed E-state index contributed by atoms with van der Waals surface area (Å²) in [6.07, 6.45) is 11.2. The van der Waals surface area contributed by atoms with Gasteiger partial charge in [0.2, 0.25) is 0 Å². The Hall–Kier alpha value is -1.91. The Balaban J connectivity index is 1.68. The van der Waals surface area contributed by atoms with Gasteiger partial charge in [-0.3, -0.25) is 9.78 Å². The number of nitrogens with zero attached hydrogens (tertiary/aromatic N) is 2. The van der Waals surface area contributed by atoms with Gasteiger partial charge >= 0.3 is 5.97 Å². The molecule has 3 rings (SSSR count). The van der Waals surface area contributed by atoms with E-state index >= 15 is 0 Å². The largest absolute Gasteiger partial charge is 0.461 e. The first-order chi connectivity index (χ1) is 11.3. The maximum atomic E-state index is 12.7. The van der Waals surface area contributed by atoms with Gasteiger partial charge in [-0.2, -0.15) is 0 Å². The first-order valence-electron chi connectivity index (χ1n) is 8.67. The highest BCUT2D eigenvalue weighted by molar-refractivity contribution is 5.96. The lowest BCUT2D eigenvalue weighted by Gasteiger charge is -2.35. The van der Waals surface area contributed by atoms with Gasteiger partial charge in [0.25, 0.3) is 5.91 Å². The molecule has 124 valence electrons. The number of amides is 1. The summed E-state index contributed by atoms with van der Waals surface area (Å²) >= 11 is 0. The van der Waals surface area contributed by atoms with Crippen molar-refractivity contribution in [3.8, 4) is 0 Å². The molecule has 1 saturated carbocycles. The molecule has 1 atom stereocenters. The van der Waals surface area contributed by atoms with Crippen molar-refractivity contribution >= 4 is 11.9 Å². The Kier molecular flexibility index (Phi) is 5.26. The van der Waals surface area contributed by atoms with Crippen LogP contribution in [0.25, 0.3) is 0 Å². The van der Waals surface area contributed by atoms with Gasteiger partial charge in [0.1, 0.15) is 12.1 Å². The Bertz CT molecular complexity index is 540. The number of likely N-dealkylation sites (tertiary alicyclic amines) is 1. The van der Waals surface area contributed by atoms with E-state index in [4.69, 9.17) is 4.74 Å². The number of aromatic nitrogens is 1.